The average Bonchev–Trinajstić information content (AvgIpc) is 2.30. The molecular formula is C11H15N3O. The van der Waals surface area contributed by atoms with Gasteiger partial charge >= 0.3 is 0 Å². The van der Waals surface area contributed by atoms with Gasteiger partial charge in [0.1, 0.15) is 5.82 Å². The SMILES string of the molecule is Nc1ccc([C@@H]2CCCCN2C=O)cn1. The van der Waals surface area contributed by atoms with Gasteiger partial charge in [0, 0.05) is 12.7 Å². The Bertz CT molecular complexity index is 336. The lowest BCUT2D eigenvalue weighted by atomic mass is 9.97. The molecule has 1 saturated heterocycles. The molecule has 1 aromatic heterocycles. The molecule has 0 aliphatic carbocycles. The third-order valence-corrected chi connectivity index (χ3v) is 2.87. The van der Waals surface area contributed by atoms with Crippen LogP contribution in [0.25, 0.3) is 0 Å². The third kappa shape index (κ3) is 2.09. The van der Waals surface area contributed by atoms with Crippen LogP contribution >= 0.6 is 0 Å². The van der Waals surface area contributed by atoms with Crippen molar-refractivity contribution < 1.29 is 4.79 Å². The molecule has 1 aromatic rings. The summed E-state index contributed by atoms with van der Waals surface area (Å²) in [5.41, 5.74) is 6.61. The maximum atomic E-state index is 10.9. The van der Waals surface area contributed by atoms with Gasteiger partial charge in [0.15, 0.2) is 0 Å². The Hall–Kier alpha value is -1.58. The highest BCUT2D eigenvalue weighted by Crippen LogP contribution is 2.29. The van der Waals surface area contributed by atoms with Gasteiger partial charge in [-0.05, 0) is 30.9 Å². The first-order chi connectivity index (χ1) is 7.31. The van der Waals surface area contributed by atoms with Crippen LogP contribution in [-0.2, 0) is 4.79 Å². The second-order valence-corrected chi connectivity index (χ2v) is 3.87. The van der Waals surface area contributed by atoms with Gasteiger partial charge < -0.3 is 10.6 Å². The average molecular weight is 205 g/mol. The van der Waals surface area contributed by atoms with Gasteiger partial charge in [0.25, 0.3) is 0 Å². The zero-order chi connectivity index (χ0) is 10.7. The van der Waals surface area contributed by atoms with E-state index in [2.05, 4.69) is 4.98 Å². The number of nitrogens with zero attached hydrogens (tertiary/aromatic N) is 2. The fourth-order valence-electron chi connectivity index (χ4n) is 2.05. The summed E-state index contributed by atoms with van der Waals surface area (Å²) in [6, 6.07) is 3.92. The lowest BCUT2D eigenvalue weighted by molar-refractivity contribution is -0.121. The summed E-state index contributed by atoms with van der Waals surface area (Å²) in [7, 11) is 0. The summed E-state index contributed by atoms with van der Waals surface area (Å²) in [6.45, 7) is 0.846. The molecule has 15 heavy (non-hydrogen) atoms. The fraction of sp³-hybridized carbons (Fsp3) is 0.455. The largest absolute Gasteiger partial charge is 0.384 e. The van der Waals surface area contributed by atoms with E-state index in [1.165, 1.54) is 6.42 Å². The Morgan fingerprint density at radius 1 is 1.47 bits per heavy atom. The van der Waals surface area contributed by atoms with Crippen molar-refractivity contribution >= 4 is 12.2 Å². The number of hydrogen-bond donors (Lipinski definition) is 1. The van der Waals surface area contributed by atoms with E-state index in [0.717, 1.165) is 31.4 Å². The first kappa shape index (κ1) is 9.96. The molecule has 0 saturated carbocycles. The summed E-state index contributed by atoms with van der Waals surface area (Å²) in [5.74, 6) is 0.521. The van der Waals surface area contributed by atoms with Gasteiger partial charge in [-0.1, -0.05) is 6.07 Å². The van der Waals surface area contributed by atoms with E-state index in [4.69, 9.17) is 5.73 Å². The summed E-state index contributed by atoms with van der Waals surface area (Å²) in [6.07, 6.45) is 5.98. The number of carbonyl (C=O) groups is 1. The number of pyridine rings is 1. The zero-order valence-electron chi connectivity index (χ0n) is 8.60. The van der Waals surface area contributed by atoms with Crippen molar-refractivity contribution in [1.82, 2.24) is 9.88 Å². The van der Waals surface area contributed by atoms with Crippen molar-refractivity contribution in [1.29, 1.82) is 0 Å². The monoisotopic (exact) mass is 205 g/mol. The summed E-state index contributed by atoms with van der Waals surface area (Å²) < 4.78 is 0. The molecule has 0 radical (unpaired) electrons. The predicted molar refractivity (Wildman–Crippen MR) is 58.0 cm³/mol. The van der Waals surface area contributed by atoms with Crippen LogP contribution in [0.1, 0.15) is 30.9 Å². The van der Waals surface area contributed by atoms with Crippen LogP contribution in [0.15, 0.2) is 18.3 Å². The molecule has 0 aromatic carbocycles. The normalized spacial score (nSPS) is 21.3. The third-order valence-electron chi connectivity index (χ3n) is 2.87. The number of aromatic nitrogens is 1. The minimum absolute atomic E-state index is 0.185. The van der Waals surface area contributed by atoms with Gasteiger partial charge in [0.2, 0.25) is 6.41 Å². The van der Waals surface area contributed by atoms with Crippen molar-refractivity contribution in [3.8, 4) is 0 Å². The van der Waals surface area contributed by atoms with Gasteiger partial charge in [-0.15, -0.1) is 0 Å². The molecule has 2 heterocycles. The van der Waals surface area contributed by atoms with E-state index in [0.29, 0.717) is 5.82 Å². The molecule has 0 bridgehead atoms. The van der Waals surface area contributed by atoms with Gasteiger partial charge in [-0.3, -0.25) is 4.79 Å². The van der Waals surface area contributed by atoms with Crippen LogP contribution in [0, 0.1) is 0 Å². The minimum atomic E-state index is 0.185. The second kappa shape index (κ2) is 4.29. The van der Waals surface area contributed by atoms with Crippen LogP contribution in [0.3, 0.4) is 0 Å². The maximum absolute atomic E-state index is 10.9. The number of anilines is 1. The molecule has 0 spiro atoms. The molecule has 1 fully saturated rings. The van der Waals surface area contributed by atoms with Gasteiger partial charge in [0.05, 0.1) is 6.04 Å². The van der Waals surface area contributed by atoms with E-state index in [1.807, 2.05) is 11.0 Å². The number of piperidine rings is 1. The van der Waals surface area contributed by atoms with Crippen LogP contribution in [0.4, 0.5) is 5.82 Å². The number of hydrogen-bond acceptors (Lipinski definition) is 3. The lowest BCUT2D eigenvalue weighted by Gasteiger charge is -2.32. The van der Waals surface area contributed by atoms with Crippen molar-refractivity contribution in [2.24, 2.45) is 0 Å². The lowest BCUT2D eigenvalue weighted by Crippen LogP contribution is -2.32. The number of carbonyl (C=O) groups excluding carboxylic acids is 1. The van der Waals surface area contributed by atoms with Crippen molar-refractivity contribution in [2.45, 2.75) is 25.3 Å². The van der Waals surface area contributed by atoms with E-state index < -0.39 is 0 Å². The van der Waals surface area contributed by atoms with Crippen molar-refractivity contribution in [2.75, 3.05) is 12.3 Å². The standard InChI is InChI=1S/C11H15N3O/c12-11-5-4-9(7-13-11)10-3-1-2-6-14(10)8-15/h4-5,7-8,10H,1-3,6H2,(H2,12,13)/t10-/m0/s1. The molecule has 80 valence electrons. The minimum Gasteiger partial charge on any atom is -0.384 e. The van der Waals surface area contributed by atoms with E-state index in [9.17, 15) is 4.79 Å². The molecular weight excluding hydrogens is 190 g/mol. The first-order valence-corrected chi connectivity index (χ1v) is 5.24. The van der Waals surface area contributed by atoms with E-state index >= 15 is 0 Å². The molecule has 1 aliphatic heterocycles. The van der Waals surface area contributed by atoms with Crippen molar-refractivity contribution in [3.05, 3.63) is 23.9 Å². The summed E-state index contributed by atoms with van der Waals surface area (Å²) >= 11 is 0. The summed E-state index contributed by atoms with van der Waals surface area (Å²) in [5, 5.41) is 0. The Morgan fingerprint density at radius 3 is 3.00 bits per heavy atom. The van der Waals surface area contributed by atoms with Gasteiger partial charge in [-0.2, -0.15) is 0 Å². The Kier molecular flexibility index (Phi) is 2.85. The number of likely N-dealkylation sites (tertiary alicyclic amines) is 1. The molecule has 1 atom stereocenters. The fourth-order valence-corrected chi connectivity index (χ4v) is 2.05. The van der Waals surface area contributed by atoms with Crippen LogP contribution in [0.2, 0.25) is 0 Å². The molecule has 4 heteroatoms. The van der Waals surface area contributed by atoms with E-state index in [-0.39, 0.29) is 6.04 Å². The molecule has 1 aliphatic rings. The van der Waals surface area contributed by atoms with Crippen molar-refractivity contribution in [3.63, 3.8) is 0 Å². The van der Waals surface area contributed by atoms with Gasteiger partial charge in [-0.25, -0.2) is 4.98 Å². The molecule has 2 N–H and O–H groups in total. The van der Waals surface area contributed by atoms with Crippen LogP contribution in [-0.4, -0.2) is 22.8 Å². The molecule has 4 nitrogen and oxygen atoms in total. The Labute approximate surface area is 89.1 Å². The zero-order valence-corrected chi connectivity index (χ0v) is 8.60. The quantitative estimate of drug-likeness (QED) is 0.741. The van der Waals surface area contributed by atoms with Crippen LogP contribution in [0.5, 0.6) is 0 Å². The molecule has 0 unspecified atom stereocenters. The Balaban J connectivity index is 2.20. The topological polar surface area (TPSA) is 59.2 Å². The molecule has 2 rings (SSSR count). The highest BCUT2D eigenvalue weighted by Gasteiger charge is 2.22. The van der Waals surface area contributed by atoms with E-state index in [1.54, 1.807) is 12.3 Å². The highest BCUT2D eigenvalue weighted by atomic mass is 16.1. The Morgan fingerprint density at radius 2 is 2.33 bits per heavy atom. The number of nitrogen functional groups attached to an aromatic ring is 1. The second-order valence-electron chi connectivity index (χ2n) is 3.87. The number of rotatable bonds is 2. The smallest absolute Gasteiger partial charge is 0.210 e. The molecule has 1 amide bonds. The maximum Gasteiger partial charge on any atom is 0.210 e. The number of amides is 1. The number of nitrogens with two attached hydrogens (primary N) is 1. The summed E-state index contributed by atoms with van der Waals surface area (Å²) in [4.78, 5) is 16.8. The predicted octanol–water partition coefficient (Wildman–Crippen LogP) is 1.35. The van der Waals surface area contributed by atoms with Crippen LogP contribution < -0.4 is 5.73 Å². The highest BCUT2D eigenvalue weighted by molar-refractivity contribution is 5.49. The first-order valence-electron chi connectivity index (χ1n) is 5.24.